The smallest absolute Gasteiger partial charge is 0.415 e. The number of nitrogens with zero attached hydrogens (tertiary/aromatic N) is 3. The topological polar surface area (TPSA) is 96.5 Å². The Kier molecular flexibility index (Phi) is 7.02. The highest BCUT2D eigenvalue weighted by molar-refractivity contribution is 6.33. The van der Waals surface area contributed by atoms with Crippen molar-refractivity contribution < 1.29 is 14.3 Å². The fraction of sp³-hybridized carbons (Fsp3) is 0.500. The molecule has 2 N–H and O–H groups in total. The lowest BCUT2D eigenvalue weighted by molar-refractivity contribution is 0.0938. The molecule has 2 fully saturated rings. The summed E-state index contributed by atoms with van der Waals surface area (Å²) >= 11 is 6.45. The first-order valence-corrected chi connectivity index (χ1v) is 11.9. The Balaban J connectivity index is 1.45. The predicted molar refractivity (Wildman–Crippen MR) is 128 cm³/mol. The van der Waals surface area contributed by atoms with E-state index >= 15 is 0 Å². The Morgan fingerprint density at radius 3 is 2.67 bits per heavy atom. The second-order valence-corrected chi connectivity index (χ2v) is 9.46. The molecule has 0 spiro atoms. The summed E-state index contributed by atoms with van der Waals surface area (Å²) in [6.07, 6.45) is 5.57. The van der Waals surface area contributed by atoms with Crippen molar-refractivity contribution in [2.24, 2.45) is 5.92 Å². The van der Waals surface area contributed by atoms with Crippen LogP contribution >= 0.6 is 11.6 Å². The SMILES string of the molecule is CC(Nc1nccc(N2C(=O)OCC2C(C)C)n1)c1ccc(C(=O)NC2CCCC2)c(Cl)c1. The van der Waals surface area contributed by atoms with E-state index in [4.69, 9.17) is 16.3 Å². The molecule has 1 aliphatic carbocycles. The molecule has 1 aromatic carbocycles. The van der Waals surface area contributed by atoms with Gasteiger partial charge in [0.2, 0.25) is 5.95 Å². The molecule has 2 heterocycles. The summed E-state index contributed by atoms with van der Waals surface area (Å²) in [5, 5.41) is 6.73. The van der Waals surface area contributed by atoms with Crippen molar-refractivity contribution in [1.82, 2.24) is 15.3 Å². The average Bonchev–Trinajstić information content (AvgIpc) is 3.43. The highest BCUT2D eigenvalue weighted by Gasteiger charge is 2.37. The minimum Gasteiger partial charge on any atom is -0.447 e. The zero-order valence-electron chi connectivity index (χ0n) is 19.2. The lowest BCUT2D eigenvalue weighted by Crippen LogP contribution is -2.37. The minimum atomic E-state index is -0.398. The number of hydrogen-bond acceptors (Lipinski definition) is 6. The summed E-state index contributed by atoms with van der Waals surface area (Å²) in [6, 6.07) is 7.12. The van der Waals surface area contributed by atoms with Gasteiger partial charge in [0.15, 0.2) is 0 Å². The van der Waals surface area contributed by atoms with Crippen molar-refractivity contribution in [2.75, 3.05) is 16.8 Å². The molecule has 8 nitrogen and oxygen atoms in total. The lowest BCUT2D eigenvalue weighted by atomic mass is 10.0. The van der Waals surface area contributed by atoms with Crippen LogP contribution in [-0.2, 0) is 4.74 Å². The first-order chi connectivity index (χ1) is 15.8. The van der Waals surface area contributed by atoms with Crippen LogP contribution in [0, 0.1) is 5.92 Å². The van der Waals surface area contributed by atoms with E-state index in [0.29, 0.717) is 29.0 Å². The number of rotatable bonds is 7. The molecule has 2 aromatic rings. The molecule has 1 saturated heterocycles. The van der Waals surface area contributed by atoms with Gasteiger partial charge in [-0.2, -0.15) is 4.98 Å². The van der Waals surface area contributed by atoms with E-state index < -0.39 is 6.09 Å². The van der Waals surface area contributed by atoms with Crippen LogP contribution in [0.1, 0.15) is 68.4 Å². The zero-order chi connectivity index (χ0) is 23.5. The number of aromatic nitrogens is 2. The Morgan fingerprint density at radius 2 is 1.97 bits per heavy atom. The number of amides is 2. The highest BCUT2D eigenvalue weighted by atomic mass is 35.5. The third kappa shape index (κ3) is 5.21. The number of hydrogen-bond donors (Lipinski definition) is 2. The largest absolute Gasteiger partial charge is 0.447 e. The standard InChI is InChI=1S/C24H30ClN5O3/c1-14(2)20-13-33-24(32)30(20)21-10-11-26-23(29-21)27-15(3)16-8-9-18(19(25)12-16)22(31)28-17-6-4-5-7-17/h8-12,14-15,17,20H,4-7,13H2,1-3H3,(H,28,31)(H,26,27,29). The molecule has 33 heavy (non-hydrogen) atoms. The van der Waals surface area contributed by atoms with Crippen molar-refractivity contribution in [3.63, 3.8) is 0 Å². The average molecular weight is 472 g/mol. The van der Waals surface area contributed by atoms with Gasteiger partial charge in [-0.3, -0.25) is 9.69 Å². The molecule has 1 saturated carbocycles. The van der Waals surface area contributed by atoms with Crippen LogP contribution in [0.15, 0.2) is 30.5 Å². The van der Waals surface area contributed by atoms with Gasteiger partial charge in [0.25, 0.3) is 5.91 Å². The summed E-state index contributed by atoms with van der Waals surface area (Å²) in [6.45, 7) is 6.40. The normalized spacial score (nSPS) is 19.6. The molecule has 0 radical (unpaired) electrons. The Hall–Kier alpha value is -2.87. The number of benzene rings is 1. The summed E-state index contributed by atoms with van der Waals surface area (Å²) in [5.74, 6) is 0.986. The molecule has 9 heteroatoms. The second kappa shape index (κ2) is 9.95. The monoisotopic (exact) mass is 471 g/mol. The van der Waals surface area contributed by atoms with Crippen molar-refractivity contribution >= 4 is 35.4 Å². The number of anilines is 2. The van der Waals surface area contributed by atoms with E-state index in [1.165, 1.54) is 0 Å². The van der Waals surface area contributed by atoms with Crippen LogP contribution < -0.4 is 15.5 Å². The maximum absolute atomic E-state index is 12.6. The van der Waals surface area contributed by atoms with E-state index in [1.54, 1.807) is 29.3 Å². The van der Waals surface area contributed by atoms with Crippen molar-refractivity contribution in [3.05, 3.63) is 46.6 Å². The van der Waals surface area contributed by atoms with E-state index in [2.05, 4.69) is 20.6 Å². The van der Waals surface area contributed by atoms with Gasteiger partial charge < -0.3 is 15.4 Å². The fourth-order valence-corrected chi connectivity index (χ4v) is 4.61. The van der Waals surface area contributed by atoms with Crippen LogP contribution in [0.25, 0.3) is 0 Å². The van der Waals surface area contributed by atoms with E-state index in [1.807, 2.05) is 26.8 Å². The minimum absolute atomic E-state index is 0.0700. The van der Waals surface area contributed by atoms with Crippen molar-refractivity contribution in [2.45, 2.75) is 64.6 Å². The van der Waals surface area contributed by atoms with Gasteiger partial charge in [0, 0.05) is 12.2 Å². The van der Waals surface area contributed by atoms with Crippen molar-refractivity contribution in [3.8, 4) is 0 Å². The van der Waals surface area contributed by atoms with Gasteiger partial charge in [0.1, 0.15) is 12.4 Å². The van der Waals surface area contributed by atoms with Gasteiger partial charge in [-0.15, -0.1) is 0 Å². The number of halogens is 1. The fourth-order valence-electron chi connectivity index (χ4n) is 4.34. The maximum atomic E-state index is 12.6. The van der Waals surface area contributed by atoms with E-state index in [0.717, 1.165) is 31.2 Å². The molecular weight excluding hydrogens is 442 g/mol. The summed E-state index contributed by atoms with van der Waals surface area (Å²) < 4.78 is 5.23. The first-order valence-electron chi connectivity index (χ1n) is 11.5. The molecule has 2 atom stereocenters. The molecule has 2 unspecified atom stereocenters. The molecule has 0 bridgehead atoms. The molecular formula is C24H30ClN5O3. The van der Waals surface area contributed by atoms with Gasteiger partial charge in [-0.1, -0.05) is 44.4 Å². The molecule has 4 rings (SSSR count). The lowest BCUT2D eigenvalue weighted by Gasteiger charge is -2.24. The molecule has 176 valence electrons. The third-order valence-electron chi connectivity index (χ3n) is 6.34. The Morgan fingerprint density at radius 1 is 1.21 bits per heavy atom. The van der Waals surface area contributed by atoms with Crippen LogP contribution in [0.2, 0.25) is 5.02 Å². The number of carbonyl (C=O) groups excluding carboxylic acids is 2. The van der Waals surface area contributed by atoms with E-state index in [9.17, 15) is 9.59 Å². The third-order valence-corrected chi connectivity index (χ3v) is 6.65. The number of nitrogens with one attached hydrogen (secondary N) is 2. The van der Waals surface area contributed by atoms with E-state index in [-0.39, 0.29) is 30.0 Å². The van der Waals surface area contributed by atoms with Crippen LogP contribution in [-0.4, -0.2) is 40.7 Å². The first kappa shape index (κ1) is 23.3. The zero-order valence-corrected chi connectivity index (χ0v) is 19.9. The predicted octanol–water partition coefficient (Wildman–Crippen LogP) is 4.96. The van der Waals surface area contributed by atoms with Crippen molar-refractivity contribution in [1.29, 1.82) is 0 Å². The Bertz CT molecular complexity index is 1020. The summed E-state index contributed by atoms with van der Waals surface area (Å²) in [7, 11) is 0. The highest BCUT2D eigenvalue weighted by Crippen LogP contribution is 2.28. The summed E-state index contributed by atoms with van der Waals surface area (Å²) in [5.41, 5.74) is 1.37. The summed E-state index contributed by atoms with van der Waals surface area (Å²) in [4.78, 5) is 35.3. The molecule has 2 aliphatic rings. The van der Waals surface area contributed by atoms with Crippen LogP contribution in [0.4, 0.5) is 16.6 Å². The molecule has 1 aromatic heterocycles. The molecule has 2 amide bonds. The van der Waals surface area contributed by atoms with Gasteiger partial charge in [0.05, 0.1) is 22.7 Å². The maximum Gasteiger partial charge on any atom is 0.415 e. The quantitative estimate of drug-likeness (QED) is 0.592. The van der Waals surface area contributed by atoms with Crippen LogP contribution in [0.5, 0.6) is 0 Å². The van der Waals surface area contributed by atoms with Gasteiger partial charge in [-0.05, 0) is 49.4 Å². The van der Waals surface area contributed by atoms with Gasteiger partial charge >= 0.3 is 6.09 Å². The van der Waals surface area contributed by atoms with Crippen LogP contribution in [0.3, 0.4) is 0 Å². The van der Waals surface area contributed by atoms with Gasteiger partial charge in [-0.25, -0.2) is 9.78 Å². The second-order valence-electron chi connectivity index (χ2n) is 9.06. The number of cyclic esters (lactones) is 1. The number of ether oxygens (including phenoxy) is 1. The molecule has 1 aliphatic heterocycles. The number of carbonyl (C=O) groups is 2. The Labute approximate surface area is 199 Å².